The van der Waals surface area contributed by atoms with Crippen molar-refractivity contribution in [1.29, 1.82) is 0 Å². The van der Waals surface area contributed by atoms with Gasteiger partial charge in [0.05, 0.1) is 6.20 Å². The Kier molecular flexibility index (Phi) is 5.51. The second kappa shape index (κ2) is 7.79. The van der Waals surface area contributed by atoms with Gasteiger partial charge in [-0.25, -0.2) is 9.78 Å². The molecule has 0 aliphatic rings. The molecule has 1 unspecified atom stereocenters. The first-order chi connectivity index (χ1) is 11.1. The summed E-state index contributed by atoms with van der Waals surface area (Å²) in [5.74, 6) is -1.72. The van der Waals surface area contributed by atoms with Crippen LogP contribution < -0.4 is 5.32 Å². The van der Waals surface area contributed by atoms with Crippen molar-refractivity contribution in [2.45, 2.75) is 18.9 Å². The van der Waals surface area contributed by atoms with Crippen molar-refractivity contribution in [2.75, 3.05) is 0 Å². The Morgan fingerprint density at radius 3 is 2.78 bits per heavy atom. The smallest absolute Gasteiger partial charge is 0.326 e. The van der Waals surface area contributed by atoms with Gasteiger partial charge in [0.25, 0.3) is 5.91 Å². The van der Waals surface area contributed by atoms with Crippen LogP contribution in [0.2, 0.25) is 0 Å². The Balaban J connectivity index is 2.00. The Labute approximate surface area is 132 Å². The highest BCUT2D eigenvalue weighted by Gasteiger charge is 2.21. The van der Waals surface area contributed by atoms with E-state index in [9.17, 15) is 19.5 Å². The third-order valence-corrected chi connectivity index (χ3v) is 3.21. The highest BCUT2D eigenvalue weighted by atomic mass is 16.4. The molecule has 0 saturated heterocycles. The molecule has 2 aromatic rings. The number of rotatable bonds is 7. The zero-order valence-corrected chi connectivity index (χ0v) is 12.2. The molecule has 1 amide bonds. The molecule has 0 aliphatic heterocycles. The molecule has 1 atom stereocenters. The third-order valence-electron chi connectivity index (χ3n) is 3.21. The number of carboxylic acid groups (broad SMARTS) is 1. The van der Waals surface area contributed by atoms with Gasteiger partial charge in [-0.2, -0.15) is 0 Å². The average molecular weight is 313 g/mol. The van der Waals surface area contributed by atoms with Crippen LogP contribution in [0.5, 0.6) is 0 Å². The second-order valence-corrected chi connectivity index (χ2v) is 4.86. The Bertz CT molecular complexity index is 703. The van der Waals surface area contributed by atoms with Gasteiger partial charge in [0.15, 0.2) is 0 Å². The monoisotopic (exact) mass is 313 g/mol. The lowest BCUT2D eigenvalue weighted by Crippen LogP contribution is -2.41. The summed E-state index contributed by atoms with van der Waals surface area (Å²) in [4.78, 5) is 41.6. The van der Waals surface area contributed by atoms with E-state index < -0.39 is 17.9 Å². The van der Waals surface area contributed by atoms with Gasteiger partial charge >= 0.3 is 5.97 Å². The summed E-state index contributed by atoms with van der Waals surface area (Å²) in [6.07, 6.45) is 5.39. The number of carboxylic acids is 1. The number of nitrogens with one attached hydrogen (secondary N) is 1. The molecule has 7 nitrogen and oxygen atoms in total. The molecule has 0 spiro atoms. The number of aldehydes is 1. The molecule has 0 fully saturated rings. The first-order valence-corrected chi connectivity index (χ1v) is 6.94. The van der Waals surface area contributed by atoms with Crippen molar-refractivity contribution >= 4 is 18.2 Å². The molecule has 2 N–H and O–H groups in total. The normalized spacial score (nSPS) is 11.5. The SMILES string of the molecule is O=Cc1cccc(CCC(NC(=O)c2cnccn2)C(=O)O)c1. The van der Waals surface area contributed by atoms with Gasteiger partial charge < -0.3 is 10.4 Å². The van der Waals surface area contributed by atoms with Crippen molar-refractivity contribution in [3.8, 4) is 0 Å². The summed E-state index contributed by atoms with van der Waals surface area (Å²) in [5.41, 5.74) is 1.41. The number of aliphatic carboxylic acids is 1. The van der Waals surface area contributed by atoms with Crippen LogP contribution in [0.15, 0.2) is 42.9 Å². The number of amides is 1. The van der Waals surface area contributed by atoms with Gasteiger partial charge in [-0.1, -0.05) is 18.2 Å². The first kappa shape index (κ1) is 16.3. The van der Waals surface area contributed by atoms with Crippen LogP contribution >= 0.6 is 0 Å². The molecule has 1 heterocycles. The Morgan fingerprint density at radius 1 is 1.30 bits per heavy atom. The lowest BCUT2D eigenvalue weighted by Gasteiger charge is -2.14. The van der Waals surface area contributed by atoms with E-state index in [4.69, 9.17) is 0 Å². The second-order valence-electron chi connectivity index (χ2n) is 4.86. The van der Waals surface area contributed by atoms with Gasteiger partial charge in [0.1, 0.15) is 18.0 Å². The van der Waals surface area contributed by atoms with E-state index in [-0.39, 0.29) is 12.1 Å². The first-order valence-electron chi connectivity index (χ1n) is 6.94. The number of hydrogen-bond donors (Lipinski definition) is 2. The number of benzene rings is 1. The summed E-state index contributed by atoms with van der Waals surface area (Å²) in [6.45, 7) is 0. The minimum atomic E-state index is -1.13. The molecule has 0 bridgehead atoms. The van der Waals surface area contributed by atoms with Crippen LogP contribution in [-0.2, 0) is 11.2 Å². The Morgan fingerprint density at radius 2 is 2.13 bits per heavy atom. The number of carbonyl (C=O) groups excluding carboxylic acids is 2. The number of aryl methyl sites for hydroxylation is 1. The molecule has 2 rings (SSSR count). The van der Waals surface area contributed by atoms with Gasteiger partial charge in [0, 0.05) is 18.0 Å². The molecule has 0 aliphatic carbocycles. The minimum absolute atomic E-state index is 0.0571. The maximum atomic E-state index is 11.9. The molecule has 7 heteroatoms. The standard InChI is InChI=1S/C16H15N3O4/c20-10-12-3-1-2-11(8-12)4-5-13(16(22)23)19-15(21)14-9-17-6-7-18-14/h1-3,6-10,13H,4-5H2,(H,19,21)(H,22,23). The van der Waals surface area contributed by atoms with Crippen LogP contribution in [0.4, 0.5) is 0 Å². The number of carbonyl (C=O) groups is 3. The molecule has 1 aromatic heterocycles. The number of nitrogens with zero attached hydrogens (tertiary/aromatic N) is 2. The van der Waals surface area contributed by atoms with E-state index in [1.165, 1.54) is 18.6 Å². The van der Waals surface area contributed by atoms with Crippen molar-refractivity contribution in [3.05, 3.63) is 59.7 Å². The zero-order chi connectivity index (χ0) is 16.7. The summed E-state index contributed by atoms with van der Waals surface area (Å²) >= 11 is 0. The van der Waals surface area contributed by atoms with Crippen molar-refractivity contribution in [1.82, 2.24) is 15.3 Å². The highest BCUT2D eigenvalue weighted by Crippen LogP contribution is 2.08. The molecule has 0 saturated carbocycles. The predicted octanol–water partition coefficient (Wildman–Crippen LogP) is 1.10. The van der Waals surface area contributed by atoms with Crippen LogP contribution in [0, 0.1) is 0 Å². The zero-order valence-electron chi connectivity index (χ0n) is 12.2. The fourth-order valence-corrected chi connectivity index (χ4v) is 2.04. The van der Waals surface area contributed by atoms with Gasteiger partial charge in [-0.05, 0) is 24.5 Å². The fourth-order valence-electron chi connectivity index (χ4n) is 2.04. The quantitative estimate of drug-likeness (QED) is 0.741. The van der Waals surface area contributed by atoms with Crippen LogP contribution in [-0.4, -0.2) is 39.3 Å². The lowest BCUT2D eigenvalue weighted by molar-refractivity contribution is -0.139. The van der Waals surface area contributed by atoms with E-state index >= 15 is 0 Å². The van der Waals surface area contributed by atoms with Crippen LogP contribution in [0.1, 0.15) is 32.8 Å². The van der Waals surface area contributed by atoms with Gasteiger partial charge in [-0.3, -0.25) is 14.6 Å². The number of hydrogen-bond acceptors (Lipinski definition) is 5. The lowest BCUT2D eigenvalue weighted by atomic mass is 10.0. The van der Waals surface area contributed by atoms with E-state index in [2.05, 4.69) is 15.3 Å². The predicted molar refractivity (Wildman–Crippen MR) is 81.1 cm³/mol. The number of aromatic nitrogens is 2. The third kappa shape index (κ3) is 4.70. The van der Waals surface area contributed by atoms with E-state index in [0.29, 0.717) is 12.0 Å². The average Bonchev–Trinajstić information content (AvgIpc) is 2.59. The van der Waals surface area contributed by atoms with Crippen LogP contribution in [0.3, 0.4) is 0 Å². The van der Waals surface area contributed by atoms with E-state index in [1.807, 2.05) is 0 Å². The van der Waals surface area contributed by atoms with Crippen molar-refractivity contribution < 1.29 is 19.5 Å². The van der Waals surface area contributed by atoms with Gasteiger partial charge in [0.2, 0.25) is 0 Å². The fraction of sp³-hybridized carbons (Fsp3) is 0.188. The minimum Gasteiger partial charge on any atom is -0.480 e. The summed E-state index contributed by atoms with van der Waals surface area (Å²) in [6, 6.07) is 5.84. The topological polar surface area (TPSA) is 109 Å². The summed E-state index contributed by atoms with van der Waals surface area (Å²) < 4.78 is 0. The maximum Gasteiger partial charge on any atom is 0.326 e. The van der Waals surface area contributed by atoms with E-state index in [1.54, 1.807) is 24.3 Å². The molecule has 0 radical (unpaired) electrons. The molecule has 118 valence electrons. The maximum absolute atomic E-state index is 11.9. The molecule has 1 aromatic carbocycles. The summed E-state index contributed by atoms with van der Waals surface area (Å²) in [7, 11) is 0. The highest BCUT2D eigenvalue weighted by molar-refractivity contribution is 5.94. The van der Waals surface area contributed by atoms with Gasteiger partial charge in [-0.15, -0.1) is 0 Å². The summed E-state index contributed by atoms with van der Waals surface area (Å²) in [5, 5.41) is 11.7. The van der Waals surface area contributed by atoms with E-state index in [0.717, 1.165) is 11.8 Å². The molecular weight excluding hydrogens is 298 g/mol. The van der Waals surface area contributed by atoms with Crippen molar-refractivity contribution in [3.63, 3.8) is 0 Å². The van der Waals surface area contributed by atoms with Crippen LogP contribution in [0.25, 0.3) is 0 Å². The van der Waals surface area contributed by atoms with Crippen molar-refractivity contribution in [2.24, 2.45) is 0 Å². The molecule has 23 heavy (non-hydrogen) atoms. The Hall–Kier alpha value is -3.09. The largest absolute Gasteiger partial charge is 0.480 e. The molecular formula is C16H15N3O4.